The van der Waals surface area contributed by atoms with Crippen molar-refractivity contribution in [3.8, 4) is 0 Å². The molecule has 0 aliphatic rings. The molecule has 1 unspecified atom stereocenters. The second kappa shape index (κ2) is 8.62. The van der Waals surface area contributed by atoms with Gasteiger partial charge in [0.15, 0.2) is 0 Å². The van der Waals surface area contributed by atoms with Gasteiger partial charge in [-0.3, -0.25) is 14.9 Å². The lowest BCUT2D eigenvalue weighted by Gasteiger charge is -2.18. The van der Waals surface area contributed by atoms with E-state index >= 15 is 0 Å². The predicted molar refractivity (Wildman–Crippen MR) is 83.8 cm³/mol. The molecule has 6 heteroatoms. The first-order valence-electron chi connectivity index (χ1n) is 7.24. The lowest BCUT2D eigenvalue weighted by Crippen LogP contribution is -2.35. The minimum Gasteiger partial charge on any atom is -0.349 e. The molecule has 0 saturated heterocycles. The van der Waals surface area contributed by atoms with Crippen LogP contribution in [0.5, 0.6) is 0 Å². The monoisotopic (exact) mass is 312 g/mol. The number of halogens is 1. The number of amides is 1. The van der Waals surface area contributed by atoms with Crippen molar-refractivity contribution in [2.24, 2.45) is 0 Å². The minimum atomic E-state index is -0.563. The van der Waals surface area contributed by atoms with Crippen molar-refractivity contribution in [3.63, 3.8) is 0 Å². The van der Waals surface area contributed by atoms with Gasteiger partial charge in [0.2, 0.25) is 0 Å². The largest absolute Gasteiger partial charge is 0.349 e. The second-order valence-electron chi connectivity index (χ2n) is 5.02. The number of hydrogen-bond acceptors (Lipinski definition) is 3. The van der Waals surface area contributed by atoms with Crippen molar-refractivity contribution in [2.45, 2.75) is 52.0 Å². The molecular weight excluding hydrogens is 292 g/mol. The Morgan fingerprint density at radius 2 is 2.05 bits per heavy atom. The Bertz CT molecular complexity index is 506. The molecule has 1 atom stereocenters. The molecule has 1 aromatic carbocycles. The third-order valence-corrected chi connectivity index (χ3v) is 3.51. The van der Waals surface area contributed by atoms with Crippen LogP contribution in [0.25, 0.3) is 0 Å². The van der Waals surface area contributed by atoms with E-state index in [0.29, 0.717) is 5.02 Å². The number of carbonyl (C=O) groups excluding carboxylic acids is 1. The van der Waals surface area contributed by atoms with Crippen molar-refractivity contribution < 1.29 is 9.72 Å². The van der Waals surface area contributed by atoms with E-state index in [0.717, 1.165) is 32.1 Å². The molecule has 0 bridgehead atoms. The lowest BCUT2D eigenvalue weighted by atomic mass is 10.0. The van der Waals surface area contributed by atoms with E-state index in [1.54, 1.807) is 0 Å². The number of hydrogen-bond donors (Lipinski definition) is 1. The number of nitro groups is 1. The maximum Gasteiger partial charge on any atom is 0.282 e. The van der Waals surface area contributed by atoms with Gasteiger partial charge < -0.3 is 5.32 Å². The SMILES string of the molecule is CCCCC(CCC)NC(=O)c1cc(Cl)ccc1[N+](=O)[O-]. The summed E-state index contributed by atoms with van der Waals surface area (Å²) in [5.74, 6) is -0.432. The van der Waals surface area contributed by atoms with E-state index < -0.39 is 10.8 Å². The third kappa shape index (κ3) is 5.34. The average molecular weight is 313 g/mol. The fourth-order valence-electron chi connectivity index (χ4n) is 2.20. The lowest BCUT2D eigenvalue weighted by molar-refractivity contribution is -0.385. The summed E-state index contributed by atoms with van der Waals surface area (Å²) < 4.78 is 0. The fourth-order valence-corrected chi connectivity index (χ4v) is 2.37. The molecule has 5 nitrogen and oxygen atoms in total. The van der Waals surface area contributed by atoms with E-state index in [-0.39, 0.29) is 17.3 Å². The zero-order valence-electron chi connectivity index (χ0n) is 12.4. The Labute approximate surface area is 129 Å². The van der Waals surface area contributed by atoms with Crippen LogP contribution < -0.4 is 5.32 Å². The molecule has 1 N–H and O–H groups in total. The Balaban J connectivity index is 2.90. The van der Waals surface area contributed by atoms with Gasteiger partial charge in [-0.05, 0) is 25.0 Å². The van der Waals surface area contributed by atoms with Crippen LogP contribution in [0, 0.1) is 10.1 Å². The summed E-state index contributed by atoms with van der Waals surface area (Å²) in [7, 11) is 0. The van der Waals surface area contributed by atoms with Crippen molar-refractivity contribution in [2.75, 3.05) is 0 Å². The summed E-state index contributed by atoms with van der Waals surface area (Å²) in [5, 5.41) is 14.2. The molecule has 1 rings (SSSR count). The van der Waals surface area contributed by atoms with E-state index in [1.807, 2.05) is 6.92 Å². The second-order valence-corrected chi connectivity index (χ2v) is 5.46. The highest BCUT2D eigenvalue weighted by Gasteiger charge is 2.22. The number of benzene rings is 1. The van der Waals surface area contributed by atoms with Crippen molar-refractivity contribution >= 4 is 23.2 Å². The van der Waals surface area contributed by atoms with Gasteiger partial charge in [0.25, 0.3) is 11.6 Å². The highest BCUT2D eigenvalue weighted by atomic mass is 35.5. The molecule has 1 amide bonds. The molecule has 0 aromatic heterocycles. The number of nitrogens with one attached hydrogen (secondary N) is 1. The van der Waals surface area contributed by atoms with Gasteiger partial charge >= 0.3 is 0 Å². The number of nitro benzene ring substituents is 1. The van der Waals surface area contributed by atoms with E-state index in [2.05, 4.69) is 12.2 Å². The van der Waals surface area contributed by atoms with Gasteiger partial charge in [-0.1, -0.05) is 44.7 Å². The minimum absolute atomic E-state index is 0.0186. The summed E-state index contributed by atoms with van der Waals surface area (Å²) in [6, 6.07) is 4.06. The van der Waals surface area contributed by atoms with Crippen molar-refractivity contribution in [1.29, 1.82) is 0 Å². The Morgan fingerprint density at radius 1 is 1.33 bits per heavy atom. The molecular formula is C15H21ClN2O3. The van der Waals surface area contributed by atoms with Gasteiger partial charge in [-0.2, -0.15) is 0 Å². The van der Waals surface area contributed by atoms with Crippen LogP contribution in [0.2, 0.25) is 5.02 Å². The summed E-state index contributed by atoms with van der Waals surface area (Å²) in [6.07, 6.45) is 4.76. The van der Waals surface area contributed by atoms with Crippen LogP contribution in [0.3, 0.4) is 0 Å². The maximum atomic E-state index is 12.3. The summed E-state index contributed by atoms with van der Waals surface area (Å²) in [4.78, 5) is 22.7. The van der Waals surface area contributed by atoms with Crippen LogP contribution in [0.1, 0.15) is 56.3 Å². The standard InChI is InChI=1S/C15H21ClN2O3/c1-3-5-7-12(6-4-2)17-15(19)13-10-11(16)8-9-14(13)18(20)21/h8-10,12H,3-7H2,1-2H3,(H,17,19). The normalized spacial score (nSPS) is 12.0. The predicted octanol–water partition coefficient (Wildman–Crippen LogP) is 4.34. The van der Waals surface area contributed by atoms with Crippen LogP contribution >= 0.6 is 11.6 Å². The van der Waals surface area contributed by atoms with Gasteiger partial charge in [-0.25, -0.2) is 0 Å². The van der Waals surface area contributed by atoms with Crippen LogP contribution in [-0.4, -0.2) is 16.9 Å². The first kappa shape index (κ1) is 17.4. The molecule has 0 radical (unpaired) electrons. The highest BCUT2D eigenvalue weighted by Crippen LogP contribution is 2.23. The highest BCUT2D eigenvalue weighted by molar-refractivity contribution is 6.31. The number of rotatable bonds is 8. The molecule has 0 heterocycles. The number of unbranched alkanes of at least 4 members (excludes halogenated alkanes) is 1. The summed E-state index contributed by atoms with van der Waals surface area (Å²) >= 11 is 5.84. The topological polar surface area (TPSA) is 72.2 Å². The van der Waals surface area contributed by atoms with E-state index in [9.17, 15) is 14.9 Å². The van der Waals surface area contributed by atoms with Gasteiger partial charge in [0, 0.05) is 17.1 Å². The first-order chi connectivity index (χ1) is 9.99. The van der Waals surface area contributed by atoms with Crippen LogP contribution in [0.15, 0.2) is 18.2 Å². The molecule has 0 spiro atoms. The van der Waals surface area contributed by atoms with E-state index in [4.69, 9.17) is 11.6 Å². The first-order valence-corrected chi connectivity index (χ1v) is 7.62. The van der Waals surface area contributed by atoms with Gasteiger partial charge in [0.1, 0.15) is 5.56 Å². The fraction of sp³-hybridized carbons (Fsp3) is 0.533. The zero-order chi connectivity index (χ0) is 15.8. The Kier molecular flexibility index (Phi) is 7.15. The molecule has 116 valence electrons. The molecule has 0 aliphatic carbocycles. The zero-order valence-corrected chi connectivity index (χ0v) is 13.2. The molecule has 0 aliphatic heterocycles. The Morgan fingerprint density at radius 3 is 2.62 bits per heavy atom. The van der Waals surface area contributed by atoms with Crippen LogP contribution in [-0.2, 0) is 0 Å². The summed E-state index contributed by atoms with van der Waals surface area (Å²) in [5.41, 5.74) is -0.201. The molecule has 0 fully saturated rings. The van der Waals surface area contributed by atoms with E-state index in [1.165, 1.54) is 18.2 Å². The quantitative estimate of drug-likeness (QED) is 0.573. The van der Waals surface area contributed by atoms with Crippen molar-refractivity contribution in [1.82, 2.24) is 5.32 Å². The maximum absolute atomic E-state index is 12.3. The van der Waals surface area contributed by atoms with Gasteiger partial charge in [-0.15, -0.1) is 0 Å². The van der Waals surface area contributed by atoms with Crippen molar-refractivity contribution in [3.05, 3.63) is 38.9 Å². The third-order valence-electron chi connectivity index (χ3n) is 3.28. The number of carbonyl (C=O) groups is 1. The Hall–Kier alpha value is -1.62. The number of nitrogens with zero attached hydrogens (tertiary/aromatic N) is 1. The van der Waals surface area contributed by atoms with Crippen LogP contribution in [0.4, 0.5) is 5.69 Å². The van der Waals surface area contributed by atoms with Gasteiger partial charge in [0.05, 0.1) is 4.92 Å². The average Bonchev–Trinajstić information content (AvgIpc) is 2.44. The molecule has 1 aromatic rings. The molecule has 21 heavy (non-hydrogen) atoms. The summed E-state index contributed by atoms with van der Waals surface area (Å²) in [6.45, 7) is 4.14. The molecule has 0 saturated carbocycles. The smallest absolute Gasteiger partial charge is 0.282 e.